The molecule has 1 rings (SSSR count). The van der Waals surface area contributed by atoms with E-state index >= 15 is 0 Å². The SMILES string of the molecule is CSC(C)CNC(=O)c1ccc(Cl)c(N)c1. The molecule has 1 unspecified atom stereocenters. The molecular formula is C11H15ClN2OS. The summed E-state index contributed by atoms with van der Waals surface area (Å²) in [6, 6.07) is 4.88. The summed E-state index contributed by atoms with van der Waals surface area (Å²) in [4.78, 5) is 11.7. The lowest BCUT2D eigenvalue weighted by atomic mass is 10.2. The van der Waals surface area contributed by atoms with Gasteiger partial charge in [-0.2, -0.15) is 11.8 Å². The van der Waals surface area contributed by atoms with E-state index in [1.807, 2.05) is 6.26 Å². The Bertz CT molecular complexity index is 384. The summed E-state index contributed by atoms with van der Waals surface area (Å²) in [7, 11) is 0. The van der Waals surface area contributed by atoms with Gasteiger partial charge in [0.05, 0.1) is 10.7 Å². The smallest absolute Gasteiger partial charge is 0.251 e. The first-order valence-electron chi connectivity index (χ1n) is 4.90. The molecule has 88 valence electrons. The van der Waals surface area contributed by atoms with Crippen molar-refractivity contribution in [2.45, 2.75) is 12.2 Å². The van der Waals surface area contributed by atoms with Crippen molar-refractivity contribution in [3.63, 3.8) is 0 Å². The van der Waals surface area contributed by atoms with Gasteiger partial charge in [-0.3, -0.25) is 4.79 Å². The number of nitrogens with one attached hydrogen (secondary N) is 1. The Morgan fingerprint density at radius 2 is 2.31 bits per heavy atom. The van der Waals surface area contributed by atoms with Crippen LogP contribution >= 0.6 is 23.4 Å². The third kappa shape index (κ3) is 3.61. The van der Waals surface area contributed by atoms with Gasteiger partial charge in [0.1, 0.15) is 0 Å². The first-order chi connectivity index (χ1) is 7.54. The second-order valence-electron chi connectivity index (χ2n) is 3.49. The third-order valence-electron chi connectivity index (χ3n) is 2.21. The monoisotopic (exact) mass is 258 g/mol. The summed E-state index contributed by atoms with van der Waals surface area (Å²) >= 11 is 7.48. The maximum atomic E-state index is 11.7. The summed E-state index contributed by atoms with van der Waals surface area (Å²) < 4.78 is 0. The minimum Gasteiger partial charge on any atom is -0.398 e. The molecule has 1 aromatic rings. The van der Waals surface area contributed by atoms with Gasteiger partial charge in [-0.1, -0.05) is 18.5 Å². The number of carbonyl (C=O) groups excluding carboxylic acids is 1. The topological polar surface area (TPSA) is 55.1 Å². The number of carbonyl (C=O) groups is 1. The molecule has 0 aliphatic carbocycles. The molecule has 1 amide bonds. The van der Waals surface area contributed by atoms with E-state index in [0.29, 0.717) is 28.1 Å². The van der Waals surface area contributed by atoms with E-state index in [0.717, 1.165) is 0 Å². The number of anilines is 1. The quantitative estimate of drug-likeness (QED) is 0.816. The van der Waals surface area contributed by atoms with Gasteiger partial charge in [0, 0.05) is 17.4 Å². The molecule has 16 heavy (non-hydrogen) atoms. The van der Waals surface area contributed by atoms with Crippen LogP contribution < -0.4 is 11.1 Å². The van der Waals surface area contributed by atoms with Crippen molar-refractivity contribution in [1.82, 2.24) is 5.32 Å². The van der Waals surface area contributed by atoms with Gasteiger partial charge in [-0.15, -0.1) is 0 Å². The Labute approximate surface area is 105 Å². The molecule has 0 aliphatic heterocycles. The van der Waals surface area contributed by atoms with Crippen molar-refractivity contribution in [3.05, 3.63) is 28.8 Å². The molecule has 0 aliphatic rings. The van der Waals surface area contributed by atoms with E-state index in [4.69, 9.17) is 17.3 Å². The molecular weight excluding hydrogens is 244 g/mol. The van der Waals surface area contributed by atoms with Crippen molar-refractivity contribution in [3.8, 4) is 0 Å². The van der Waals surface area contributed by atoms with E-state index in [1.54, 1.807) is 30.0 Å². The Hall–Kier alpha value is -0.870. The summed E-state index contributed by atoms with van der Waals surface area (Å²) in [5.74, 6) is -0.121. The van der Waals surface area contributed by atoms with Crippen molar-refractivity contribution in [1.29, 1.82) is 0 Å². The van der Waals surface area contributed by atoms with Crippen molar-refractivity contribution < 1.29 is 4.79 Å². The zero-order chi connectivity index (χ0) is 12.1. The Balaban J connectivity index is 2.63. The number of rotatable bonds is 4. The standard InChI is InChI=1S/C11H15ClN2OS/c1-7(16-2)6-14-11(15)8-3-4-9(12)10(13)5-8/h3-5,7H,6,13H2,1-2H3,(H,14,15). The van der Waals surface area contributed by atoms with E-state index in [1.165, 1.54) is 0 Å². The molecule has 0 fully saturated rings. The maximum absolute atomic E-state index is 11.7. The normalized spacial score (nSPS) is 12.2. The molecule has 3 nitrogen and oxygen atoms in total. The zero-order valence-electron chi connectivity index (χ0n) is 9.29. The van der Waals surface area contributed by atoms with Gasteiger partial charge >= 0.3 is 0 Å². The van der Waals surface area contributed by atoms with Crippen LogP contribution in [0.2, 0.25) is 5.02 Å². The highest BCUT2D eigenvalue weighted by Crippen LogP contribution is 2.19. The highest BCUT2D eigenvalue weighted by Gasteiger charge is 2.08. The third-order valence-corrected chi connectivity index (χ3v) is 3.53. The Morgan fingerprint density at radius 1 is 1.62 bits per heavy atom. The average Bonchev–Trinajstić information content (AvgIpc) is 2.29. The second kappa shape index (κ2) is 6.01. The lowest BCUT2D eigenvalue weighted by Crippen LogP contribution is -2.29. The predicted octanol–water partition coefficient (Wildman–Crippen LogP) is 2.40. The number of nitrogen functional groups attached to an aromatic ring is 1. The van der Waals surface area contributed by atoms with Crippen LogP contribution in [0.1, 0.15) is 17.3 Å². The average molecular weight is 259 g/mol. The molecule has 5 heteroatoms. The molecule has 0 heterocycles. The van der Waals surface area contributed by atoms with Gasteiger partial charge in [-0.05, 0) is 24.5 Å². The van der Waals surface area contributed by atoms with Crippen LogP contribution in [0.3, 0.4) is 0 Å². The van der Waals surface area contributed by atoms with E-state index in [-0.39, 0.29) is 5.91 Å². The maximum Gasteiger partial charge on any atom is 0.251 e. The van der Waals surface area contributed by atoms with Crippen LogP contribution in [0, 0.1) is 0 Å². The Kier molecular flexibility index (Phi) is 4.96. The van der Waals surface area contributed by atoms with Gasteiger partial charge in [0.15, 0.2) is 0 Å². The minimum atomic E-state index is -0.121. The number of benzene rings is 1. The fourth-order valence-corrected chi connectivity index (χ4v) is 1.47. The van der Waals surface area contributed by atoms with Crippen LogP contribution in [-0.2, 0) is 0 Å². The largest absolute Gasteiger partial charge is 0.398 e. The minimum absolute atomic E-state index is 0.121. The fourth-order valence-electron chi connectivity index (χ4n) is 1.11. The highest BCUT2D eigenvalue weighted by atomic mass is 35.5. The van der Waals surface area contributed by atoms with Crippen LogP contribution in [-0.4, -0.2) is 24.0 Å². The number of thioether (sulfide) groups is 1. The second-order valence-corrected chi connectivity index (χ2v) is 5.18. The molecule has 0 spiro atoms. The molecule has 0 radical (unpaired) electrons. The van der Waals surface area contributed by atoms with Crippen LogP contribution in [0.25, 0.3) is 0 Å². The lowest BCUT2D eigenvalue weighted by molar-refractivity contribution is 0.0954. The van der Waals surface area contributed by atoms with Gasteiger partial charge in [0.2, 0.25) is 0 Å². The molecule has 0 aromatic heterocycles. The zero-order valence-corrected chi connectivity index (χ0v) is 10.9. The van der Waals surface area contributed by atoms with Crippen LogP contribution in [0.15, 0.2) is 18.2 Å². The van der Waals surface area contributed by atoms with E-state index < -0.39 is 0 Å². The molecule has 3 N–H and O–H groups in total. The van der Waals surface area contributed by atoms with Crippen molar-refractivity contribution >= 4 is 35.0 Å². The number of halogens is 1. The number of hydrogen-bond donors (Lipinski definition) is 2. The highest BCUT2D eigenvalue weighted by molar-refractivity contribution is 7.99. The summed E-state index contributed by atoms with van der Waals surface area (Å²) in [5, 5.41) is 3.70. The molecule has 0 bridgehead atoms. The molecule has 0 saturated carbocycles. The lowest BCUT2D eigenvalue weighted by Gasteiger charge is -2.10. The summed E-state index contributed by atoms with van der Waals surface area (Å²) in [6.07, 6.45) is 2.01. The fraction of sp³-hybridized carbons (Fsp3) is 0.364. The predicted molar refractivity (Wildman–Crippen MR) is 71.2 cm³/mol. The van der Waals surface area contributed by atoms with E-state index in [9.17, 15) is 4.79 Å². The van der Waals surface area contributed by atoms with Crippen LogP contribution in [0.4, 0.5) is 5.69 Å². The van der Waals surface area contributed by atoms with Crippen molar-refractivity contribution in [2.75, 3.05) is 18.5 Å². The number of hydrogen-bond acceptors (Lipinski definition) is 3. The first kappa shape index (κ1) is 13.2. The molecule has 1 atom stereocenters. The number of amides is 1. The number of nitrogens with two attached hydrogens (primary N) is 1. The Morgan fingerprint density at radius 3 is 2.88 bits per heavy atom. The van der Waals surface area contributed by atoms with Crippen molar-refractivity contribution in [2.24, 2.45) is 0 Å². The summed E-state index contributed by atoms with van der Waals surface area (Å²) in [5.41, 5.74) is 6.59. The summed E-state index contributed by atoms with van der Waals surface area (Å²) in [6.45, 7) is 2.70. The van der Waals surface area contributed by atoms with Gasteiger partial charge < -0.3 is 11.1 Å². The van der Waals surface area contributed by atoms with Crippen LogP contribution in [0.5, 0.6) is 0 Å². The molecule has 0 saturated heterocycles. The van der Waals surface area contributed by atoms with Gasteiger partial charge in [0.25, 0.3) is 5.91 Å². The molecule has 1 aromatic carbocycles. The van der Waals surface area contributed by atoms with E-state index in [2.05, 4.69) is 12.2 Å². The first-order valence-corrected chi connectivity index (χ1v) is 6.57. The van der Waals surface area contributed by atoms with Gasteiger partial charge in [-0.25, -0.2) is 0 Å².